The third-order valence-electron chi connectivity index (χ3n) is 2.90. The van der Waals surface area contributed by atoms with E-state index in [4.69, 9.17) is 5.73 Å². The van der Waals surface area contributed by atoms with E-state index < -0.39 is 17.5 Å². The Kier molecular flexibility index (Phi) is 3.54. The molecule has 1 aliphatic rings. The number of benzene rings is 1. The molecule has 1 aliphatic heterocycles. The van der Waals surface area contributed by atoms with Crippen molar-refractivity contribution in [1.29, 1.82) is 0 Å². The van der Waals surface area contributed by atoms with Crippen LogP contribution in [0.15, 0.2) is 6.07 Å². The highest BCUT2D eigenvalue weighted by molar-refractivity contribution is 5.49. The van der Waals surface area contributed by atoms with Crippen molar-refractivity contribution in [2.75, 3.05) is 31.9 Å². The second-order valence-corrected chi connectivity index (χ2v) is 4.07. The molecule has 2 rings (SSSR count). The van der Waals surface area contributed by atoms with E-state index in [-0.39, 0.29) is 17.8 Å². The van der Waals surface area contributed by atoms with E-state index in [0.29, 0.717) is 19.2 Å². The molecule has 1 aromatic carbocycles. The molecule has 17 heavy (non-hydrogen) atoms. The number of rotatable bonds is 2. The second-order valence-electron chi connectivity index (χ2n) is 4.07. The summed E-state index contributed by atoms with van der Waals surface area (Å²) in [5, 5.41) is 3.14. The number of halogens is 3. The third kappa shape index (κ3) is 2.53. The number of anilines is 1. The molecule has 0 amide bonds. The van der Waals surface area contributed by atoms with Gasteiger partial charge in [0, 0.05) is 44.4 Å². The van der Waals surface area contributed by atoms with E-state index in [1.165, 1.54) is 0 Å². The van der Waals surface area contributed by atoms with Crippen molar-refractivity contribution in [3.05, 3.63) is 29.1 Å². The number of hydrogen-bond acceptors (Lipinski definition) is 3. The minimum Gasteiger partial charge on any atom is -0.396 e. The summed E-state index contributed by atoms with van der Waals surface area (Å²) in [6, 6.07) is 0.478. The number of hydrogen-bond donors (Lipinski definition) is 2. The van der Waals surface area contributed by atoms with Crippen molar-refractivity contribution in [1.82, 2.24) is 10.2 Å². The fourth-order valence-electron chi connectivity index (χ4n) is 1.91. The number of nitrogens with one attached hydrogen (secondary N) is 1. The van der Waals surface area contributed by atoms with Gasteiger partial charge in [0.15, 0.2) is 11.6 Å². The summed E-state index contributed by atoms with van der Waals surface area (Å²) in [6.45, 7) is 3.10. The summed E-state index contributed by atoms with van der Waals surface area (Å²) in [7, 11) is 0. The normalized spacial score (nSPS) is 17.4. The number of nitrogen functional groups attached to an aromatic ring is 1. The Labute approximate surface area is 97.4 Å². The highest BCUT2D eigenvalue weighted by Crippen LogP contribution is 2.24. The number of piperazine rings is 1. The zero-order valence-electron chi connectivity index (χ0n) is 9.27. The predicted molar refractivity (Wildman–Crippen MR) is 58.9 cm³/mol. The number of nitrogens with two attached hydrogens (primary N) is 1. The molecule has 1 aromatic rings. The smallest absolute Gasteiger partial charge is 0.165 e. The van der Waals surface area contributed by atoms with E-state index >= 15 is 0 Å². The van der Waals surface area contributed by atoms with Gasteiger partial charge in [-0.2, -0.15) is 0 Å². The molecule has 0 unspecified atom stereocenters. The molecule has 0 spiro atoms. The lowest BCUT2D eigenvalue weighted by Crippen LogP contribution is -2.43. The molecular formula is C11H14F3N3. The van der Waals surface area contributed by atoms with Gasteiger partial charge in [-0.1, -0.05) is 0 Å². The van der Waals surface area contributed by atoms with Crippen molar-refractivity contribution >= 4 is 5.69 Å². The molecule has 6 heteroatoms. The van der Waals surface area contributed by atoms with Crippen LogP contribution in [0.25, 0.3) is 0 Å². The summed E-state index contributed by atoms with van der Waals surface area (Å²) in [5.41, 5.74) is 5.05. The first kappa shape index (κ1) is 12.2. The average molecular weight is 245 g/mol. The fraction of sp³-hybridized carbons (Fsp3) is 0.455. The Bertz CT molecular complexity index is 391. The first-order valence-electron chi connectivity index (χ1n) is 5.44. The van der Waals surface area contributed by atoms with E-state index in [0.717, 1.165) is 13.1 Å². The molecule has 1 fully saturated rings. The highest BCUT2D eigenvalue weighted by Gasteiger charge is 2.20. The van der Waals surface area contributed by atoms with Gasteiger partial charge in [0.1, 0.15) is 5.82 Å². The SMILES string of the molecule is Nc1c(F)cc(F)c(F)c1CN1CCNCC1. The lowest BCUT2D eigenvalue weighted by Gasteiger charge is -2.27. The highest BCUT2D eigenvalue weighted by atomic mass is 19.2. The van der Waals surface area contributed by atoms with Crippen molar-refractivity contribution in [2.45, 2.75) is 6.54 Å². The molecule has 0 aliphatic carbocycles. The largest absolute Gasteiger partial charge is 0.396 e. The van der Waals surface area contributed by atoms with Gasteiger partial charge < -0.3 is 11.1 Å². The Balaban J connectivity index is 2.24. The summed E-state index contributed by atoms with van der Waals surface area (Å²) in [5.74, 6) is -3.15. The Morgan fingerprint density at radius 1 is 1.18 bits per heavy atom. The third-order valence-corrected chi connectivity index (χ3v) is 2.90. The lowest BCUT2D eigenvalue weighted by molar-refractivity contribution is 0.229. The molecular weight excluding hydrogens is 231 g/mol. The molecule has 3 nitrogen and oxygen atoms in total. The van der Waals surface area contributed by atoms with Crippen molar-refractivity contribution in [2.24, 2.45) is 0 Å². The quantitative estimate of drug-likeness (QED) is 0.605. The van der Waals surface area contributed by atoms with Crippen LogP contribution in [0.1, 0.15) is 5.56 Å². The molecule has 0 radical (unpaired) electrons. The van der Waals surface area contributed by atoms with Crippen LogP contribution in [0.4, 0.5) is 18.9 Å². The van der Waals surface area contributed by atoms with E-state index in [1.807, 2.05) is 4.90 Å². The standard InChI is InChI=1S/C11H14F3N3/c12-8-5-9(13)11(15)7(10(8)14)6-17-3-1-16-2-4-17/h5,16H,1-4,6,15H2. The summed E-state index contributed by atoms with van der Waals surface area (Å²) in [6.07, 6.45) is 0. The first-order valence-corrected chi connectivity index (χ1v) is 5.44. The van der Waals surface area contributed by atoms with Crippen LogP contribution in [0, 0.1) is 17.5 Å². The minimum atomic E-state index is -1.19. The summed E-state index contributed by atoms with van der Waals surface area (Å²) < 4.78 is 39.8. The molecule has 94 valence electrons. The Hall–Kier alpha value is -1.27. The Morgan fingerprint density at radius 2 is 1.82 bits per heavy atom. The molecule has 0 saturated carbocycles. The van der Waals surface area contributed by atoms with Gasteiger partial charge in [0.25, 0.3) is 0 Å². The minimum absolute atomic E-state index is 0.0931. The molecule has 0 atom stereocenters. The monoisotopic (exact) mass is 245 g/mol. The molecule has 1 heterocycles. The first-order chi connectivity index (χ1) is 8.09. The zero-order chi connectivity index (χ0) is 12.4. The predicted octanol–water partition coefficient (Wildman–Crippen LogP) is 1.09. The summed E-state index contributed by atoms with van der Waals surface area (Å²) >= 11 is 0. The Morgan fingerprint density at radius 3 is 2.47 bits per heavy atom. The molecule has 0 aromatic heterocycles. The van der Waals surface area contributed by atoms with Gasteiger partial charge in [-0.15, -0.1) is 0 Å². The number of nitrogens with zero attached hydrogens (tertiary/aromatic N) is 1. The van der Waals surface area contributed by atoms with Crippen molar-refractivity contribution in [3.63, 3.8) is 0 Å². The van der Waals surface area contributed by atoms with Crippen molar-refractivity contribution < 1.29 is 13.2 Å². The molecule has 1 saturated heterocycles. The van der Waals surface area contributed by atoms with Gasteiger partial charge in [0.05, 0.1) is 5.69 Å². The van der Waals surface area contributed by atoms with Crippen LogP contribution in [-0.2, 0) is 6.54 Å². The van der Waals surface area contributed by atoms with E-state index in [2.05, 4.69) is 5.32 Å². The van der Waals surface area contributed by atoms with Gasteiger partial charge in [-0.3, -0.25) is 4.90 Å². The van der Waals surface area contributed by atoms with Crippen LogP contribution in [-0.4, -0.2) is 31.1 Å². The zero-order valence-corrected chi connectivity index (χ0v) is 9.27. The van der Waals surface area contributed by atoms with Gasteiger partial charge >= 0.3 is 0 Å². The molecule has 3 N–H and O–H groups in total. The topological polar surface area (TPSA) is 41.3 Å². The molecule has 0 bridgehead atoms. The maximum absolute atomic E-state index is 13.5. The van der Waals surface area contributed by atoms with Crippen LogP contribution in [0.5, 0.6) is 0 Å². The van der Waals surface area contributed by atoms with Crippen LogP contribution < -0.4 is 11.1 Å². The van der Waals surface area contributed by atoms with Gasteiger partial charge in [-0.25, -0.2) is 13.2 Å². The van der Waals surface area contributed by atoms with E-state index in [9.17, 15) is 13.2 Å². The summed E-state index contributed by atoms with van der Waals surface area (Å²) in [4.78, 5) is 1.91. The maximum atomic E-state index is 13.5. The second kappa shape index (κ2) is 4.93. The average Bonchev–Trinajstić information content (AvgIpc) is 2.33. The van der Waals surface area contributed by atoms with Gasteiger partial charge in [-0.05, 0) is 0 Å². The van der Waals surface area contributed by atoms with E-state index in [1.54, 1.807) is 0 Å². The van der Waals surface area contributed by atoms with Crippen LogP contribution in [0.2, 0.25) is 0 Å². The lowest BCUT2D eigenvalue weighted by atomic mass is 10.1. The van der Waals surface area contributed by atoms with Crippen molar-refractivity contribution in [3.8, 4) is 0 Å². The fourth-order valence-corrected chi connectivity index (χ4v) is 1.91. The maximum Gasteiger partial charge on any atom is 0.165 e. The van der Waals surface area contributed by atoms with Crippen LogP contribution >= 0.6 is 0 Å². The van der Waals surface area contributed by atoms with Crippen LogP contribution in [0.3, 0.4) is 0 Å². The van der Waals surface area contributed by atoms with Gasteiger partial charge in [0.2, 0.25) is 0 Å².